The summed E-state index contributed by atoms with van der Waals surface area (Å²) in [6.45, 7) is 4.77. The number of thioether (sulfide) groups is 1. The quantitative estimate of drug-likeness (QED) is 0.547. The Morgan fingerprint density at radius 3 is 3.06 bits per heavy atom. The fourth-order valence-corrected chi connectivity index (χ4v) is 5.59. The zero-order valence-corrected chi connectivity index (χ0v) is 19.0. The van der Waals surface area contributed by atoms with Crippen LogP contribution in [0.15, 0.2) is 33.9 Å². The Morgan fingerprint density at radius 1 is 1.29 bits per heavy atom. The molecule has 0 unspecified atom stereocenters. The molecule has 2 aromatic heterocycles. The maximum atomic E-state index is 12.5. The Bertz CT molecular complexity index is 1110. The summed E-state index contributed by atoms with van der Waals surface area (Å²) < 4.78 is 16.5. The van der Waals surface area contributed by atoms with Crippen molar-refractivity contribution in [3.63, 3.8) is 0 Å². The number of hydrogen-bond donors (Lipinski definition) is 1. The first-order valence-corrected chi connectivity index (χ1v) is 12.0. The second-order valence-electron chi connectivity index (χ2n) is 7.95. The van der Waals surface area contributed by atoms with Gasteiger partial charge in [0.2, 0.25) is 12.7 Å². The molecule has 1 aliphatic heterocycles. The zero-order valence-electron chi connectivity index (χ0n) is 17.3. The van der Waals surface area contributed by atoms with Gasteiger partial charge >= 0.3 is 0 Å². The highest BCUT2D eigenvalue weighted by Gasteiger charge is 2.23. The fraction of sp³-hybridized carbons (Fsp3) is 0.409. The predicted octanol–water partition coefficient (Wildman–Crippen LogP) is 4.45. The van der Waals surface area contributed by atoms with Crippen molar-refractivity contribution < 1.29 is 18.7 Å². The van der Waals surface area contributed by atoms with Crippen LogP contribution in [-0.4, -0.2) is 28.1 Å². The number of rotatable bonds is 6. The molecule has 1 amide bonds. The van der Waals surface area contributed by atoms with Crippen molar-refractivity contribution in [1.29, 1.82) is 0 Å². The third-order valence-electron chi connectivity index (χ3n) is 5.50. The van der Waals surface area contributed by atoms with E-state index in [9.17, 15) is 4.79 Å². The van der Waals surface area contributed by atoms with E-state index in [0.29, 0.717) is 23.4 Å². The van der Waals surface area contributed by atoms with Crippen molar-refractivity contribution in [3.05, 3.63) is 40.3 Å². The minimum Gasteiger partial charge on any atom is -0.454 e. The van der Waals surface area contributed by atoms with Crippen LogP contribution < -0.4 is 14.8 Å². The van der Waals surface area contributed by atoms with E-state index in [-0.39, 0.29) is 18.0 Å². The van der Waals surface area contributed by atoms with Crippen molar-refractivity contribution in [3.8, 4) is 22.3 Å². The van der Waals surface area contributed by atoms with Crippen LogP contribution in [0.2, 0.25) is 0 Å². The van der Waals surface area contributed by atoms with Crippen molar-refractivity contribution in [2.45, 2.75) is 50.1 Å². The first-order valence-electron chi connectivity index (χ1n) is 10.3. The van der Waals surface area contributed by atoms with E-state index in [2.05, 4.69) is 28.5 Å². The van der Waals surface area contributed by atoms with Gasteiger partial charge in [-0.05, 0) is 61.4 Å². The number of carbonyl (C=O) groups is 1. The predicted molar refractivity (Wildman–Crippen MR) is 119 cm³/mol. The van der Waals surface area contributed by atoms with E-state index in [0.717, 1.165) is 34.9 Å². The molecule has 0 saturated heterocycles. The summed E-state index contributed by atoms with van der Waals surface area (Å²) in [6, 6.07) is 7.83. The molecule has 0 spiro atoms. The second kappa shape index (κ2) is 8.55. The lowest BCUT2D eigenvalue weighted by Crippen LogP contribution is -2.30. The standard InChI is InChI=1S/C22H23N3O4S2/c1-12-3-6-18-15(7-12)9-19(31-18)21-24-25-22(29-21)30-13(2)20(26)23-10-14-4-5-16-17(8-14)28-11-27-16/h4-5,8-9,12-13H,3,6-7,10-11H2,1-2H3,(H,23,26)/t12-,13-/m1/s1. The summed E-state index contributed by atoms with van der Waals surface area (Å²) in [7, 11) is 0. The second-order valence-corrected chi connectivity index (χ2v) is 10.4. The van der Waals surface area contributed by atoms with Crippen molar-refractivity contribution in [2.24, 2.45) is 5.92 Å². The summed E-state index contributed by atoms with van der Waals surface area (Å²) in [5.41, 5.74) is 2.35. The zero-order chi connectivity index (χ0) is 21.4. The number of nitrogens with one attached hydrogen (secondary N) is 1. The van der Waals surface area contributed by atoms with Crippen LogP contribution in [0.3, 0.4) is 0 Å². The Balaban J connectivity index is 1.18. The van der Waals surface area contributed by atoms with E-state index in [4.69, 9.17) is 13.9 Å². The molecule has 5 rings (SSSR count). The summed E-state index contributed by atoms with van der Waals surface area (Å²) in [4.78, 5) is 15.0. The number of benzene rings is 1. The molecular formula is C22H23N3O4S2. The smallest absolute Gasteiger partial charge is 0.277 e. The molecule has 0 saturated carbocycles. The van der Waals surface area contributed by atoms with Gasteiger partial charge < -0.3 is 19.2 Å². The molecule has 1 aromatic carbocycles. The van der Waals surface area contributed by atoms with E-state index in [1.165, 1.54) is 28.6 Å². The van der Waals surface area contributed by atoms with Gasteiger partial charge in [-0.25, -0.2) is 0 Å². The summed E-state index contributed by atoms with van der Waals surface area (Å²) in [5.74, 6) is 2.59. The molecule has 2 atom stereocenters. The van der Waals surface area contributed by atoms with Gasteiger partial charge in [0.1, 0.15) is 0 Å². The van der Waals surface area contributed by atoms with Crippen LogP contribution >= 0.6 is 23.1 Å². The maximum absolute atomic E-state index is 12.5. The molecule has 31 heavy (non-hydrogen) atoms. The molecule has 1 aliphatic carbocycles. The lowest BCUT2D eigenvalue weighted by atomic mass is 9.90. The highest BCUT2D eigenvalue weighted by Crippen LogP contribution is 2.37. The molecule has 1 N–H and O–H groups in total. The number of carbonyl (C=O) groups excluding carboxylic acids is 1. The van der Waals surface area contributed by atoms with Gasteiger partial charge in [0, 0.05) is 11.4 Å². The monoisotopic (exact) mass is 457 g/mol. The van der Waals surface area contributed by atoms with Gasteiger partial charge in [0.25, 0.3) is 11.1 Å². The van der Waals surface area contributed by atoms with Crippen LogP contribution in [-0.2, 0) is 24.2 Å². The molecule has 162 valence electrons. The van der Waals surface area contributed by atoms with Gasteiger partial charge in [-0.3, -0.25) is 4.79 Å². The summed E-state index contributed by atoms with van der Waals surface area (Å²) in [6.07, 6.45) is 3.47. The number of fused-ring (bicyclic) bond motifs is 2. The number of ether oxygens (including phenoxy) is 2. The topological polar surface area (TPSA) is 86.5 Å². The molecule has 2 aliphatic rings. The minimum atomic E-state index is -0.361. The van der Waals surface area contributed by atoms with Crippen LogP contribution in [0.5, 0.6) is 11.5 Å². The maximum Gasteiger partial charge on any atom is 0.277 e. The Kier molecular flexibility index (Phi) is 5.62. The first kappa shape index (κ1) is 20.4. The normalized spacial score (nSPS) is 17.9. The molecule has 0 fully saturated rings. The van der Waals surface area contributed by atoms with Gasteiger partial charge in [-0.1, -0.05) is 24.8 Å². The van der Waals surface area contributed by atoms with Crippen LogP contribution in [0.25, 0.3) is 10.8 Å². The summed E-state index contributed by atoms with van der Waals surface area (Å²) >= 11 is 3.00. The van der Waals surface area contributed by atoms with Gasteiger partial charge in [-0.15, -0.1) is 21.5 Å². The van der Waals surface area contributed by atoms with E-state index >= 15 is 0 Å². The SMILES string of the molecule is C[C@@H]1CCc2sc(-c3nnc(S[C@H](C)C(=O)NCc4ccc5c(c4)OCO5)o3)cc2C1. The largest absolute Gasteiger partial charge is 0.454 e. The van der Waals surface area contributed by atoms with Crippen molar-refractivity contribution in [2.75, 3.05) is 6.79 Å². The number of aryl methyl sites for hydroxylation is 1. The van der Waals surface area contributed by atoms with Crippen LogP contribution in [0, 0.1) is 5.92 Å². The number of aromatic nitrogens is 2. The molecule has 9 heteroatoms. The number of hydrogen-bond acceptors (Lipinski definition) is 8. The van der Waals surface area contributed by atoms with E-state index in [1.807, 2.05) is 25.1 Å². The third-order valence-corrected chi connectivity index (χ3v) is 7.66. The van der Waals surface area contributed by atoms with Crippen molar-refractivity contribution >= 4 is 29.0 Å². The minimum absolute atomic E-state index is 0.0945. The Labute approximate surface area is 188 Å². The highest BCUT2D eigenvalue weighted by molar-refractivity contribution is 8.00. The first-order chi connectivity index (χ1) is 15.0. The van der Waals surface area contributed by atoms with Crippen LogP contribution in [0.4, 0.5) is 0 Å². The van der Waals surface area contributed by atoms with Gasteiger partial charge in [-0.2, -0.15) is 0 Å². The number of thiophene rings is 1. The molecular weight excluding hydrogens is 434 g/mol. The van der Waals surface area contributed by atoms with Crippen LogP contribution in [0.1, 0.15) is 36.3 Å². The Hall–Kier alpha value is -2.52. The molecule has 7 nitrogen and oxygen atoms in total. The van der Waals surface area contributed by atoms with E-state index in [1.54, 1.807) is 11.3 Å². The van der Waals surface area contributed by atoms with Crippen molar-refractivity contribution in [1.82, 2.24) is 15.5 Å². The molecule has 3 heterocycles. The average molecular weight is 458 g/mol. The fourth-order valence-electron chi connectivity index (χ4n) is 3.76. The average Bonchev–Trinajstić information content (AvgIpc) is 3.50. The number of nitrogens with zero attached hydrogens (tertiary/aromatic N) is 2. The molecule has 0 radical (unpaired) electrons. The highest BCUT2D eigenvalue weighted by atomic mass is 32.2. The lowest BCUT2D eigenvalue weighted by molar-refractivity contribution is -0.120. The van der Waals surface area contributed by atoms with E-state index < -0.39 is 0 Å². The summed E-state index contributed by atoms with van der Waals surface area (Å²) in [5, 5.41) is 11.3. The van der Waals surface area contributed by atoms with Gasteiger partial charge in [0.05, 0.1) is 10.1 Å². The lowest BCUT2D eigenvalue weighted by Gasteiger charge is -2.16. The third kappa shape index (κ3) is 4.43. The van der Waals surface area contributed by atoms with Gasteiger partial charge in [0.15, 0.2) is 11.5 Å². The molecule has 3 aromatic rings. The number of amides is 1. The Morgan fingerprint density at radius 2 is 2.16 bits per heavy atom. The molecule has 0 bridgehead atoms.